The van der Waals surface area contributed by atoms with Gasteiger partial charge in [0.05, 0.1) is 23.5 Å². The van der Waals surface area contributed by atoms with E-state index in [1.807, 2.05) is 42.6 Å². The Morgan fingerprint density at radius 1 is 0.976 bits per heavy atom. The summed E-state index contributed by atoms with van der Waals surface area (Å²) in [5, 5.41) is 7.30. The second-order valence-electron chi connectivity index (χ2n) is 10.7. The minimum absolute atomic E-state index is 0.0216. The number of hydrogen-bond acceptors (Lipinski definition) is 3. The third-order valence-electron chi connectivity index (χ3n) is 8.16. The number of carbonyl (C=O) groups is 1. The van der Waals surface area contributed by atoms with Gasteiger partial charge in [-0.2, -0.15) is 0 Å². The van der Waals surface area contributed by atoms with Gasteiger partial charge in [0.15, 0.2) is 5.11 Å². The van der Waals surface area contributed by atoms with Crippen LogP contribution in [0.4, 0.5) is 5.69 Å². The molecule has 4 aromatic rings. The maximum Gasteiger partial charge on any atom is 0.226 e. The topological polar surface area (TPSA) is 62.2 Å². The van der Waals surface area contributed by atoms with Crippen LogP contribution >= 0.6 is 12.2 Å². The summed E-state index contributed by atoms with van der Waals surface area (Å²) in [6.07, 6.45) is 3.96. The molecule has 6 nitrogen and oxygen atoms in total. The fourth-order valence-corrected chi connectivity index (χ4v) is 6.46. The zero-order valence-corrected chi connectivity index (χ0v) is 25.4. The summed E-state index contributed by atoms with van der Waals surface area (Å²) in [7, 11) is 0. The van der Waals surface area contributed by atoms with Crippen LogP contribution in [0.3, 0.4) is 0 Å². The first-order chi connectivity index (χ1) is 19.8. The van der Waals surface area contributed by atoms with Gasteiger partial charge in [-0.3, -0.25) is 9.78 Å². The van der Waals surface area contributed by atoms with Crippen molar-refractivity contribution in [2.75, 3.05) is 11.9 Å². The lowest BCUT2D eigenvalue weighted by molar-refractivity contribution is -0.116. The third-order valence-corrected chi connectivity index (χ3v) is 8.52. The number of benzene rings is 2. The molecule has 212 valence electrons. The van der Waals surface area contributed by atoms with E-state index in [4.69, 9.17) is 17.2 Å². The molecule has 7 heteroatoms. The van der Waals surface area contributed by atoms with Crippen molar-refractivity contribution in [2.24, 2.45) is 0 Å². The van der Waals surface area contributed by atoms with Gasteiger partial charge in [0.25, 0.3) is 0 Å². The molecule has 3 heterocycles. The summed E-state index contributed by atoms with van der Waals surface area (Å²) >= 11 is 5.90. The number of para-hydroxylation sites is 2. The second kappa shape index (κ2) is 12.3. The van der Waals surface area contributed by atoms with Gasteiger partial charge in [-0.05, 0) is 92.4 Å². The maximum absolute atomic E-state index is 13.1. The largest absolute Gasteiger partial charge is 0.352 e. The van der Waals surface area contributed by atoms with Gasteiger partial charge < -0.3 is 20.1 Å². The highest BCUT2D eigenvalue weighted by Gasteiger charge is 2.41. The fourth-order valence-electron chi connectivity index (χ4n) is 6.13. The van der Waals surface area contributed by atoms with E-state index in [2.05, 4.69) is 85.1 Å². The lowest BCUT2D eigenvalue weighted by Gasteiger charge is -2.28. The number of anilines is 1. The fraction of sp³-hybridized carbons (Fsp3) is 0.324. The molecule has 2 aromatic carbocycles. The number of rotatable bonds is 9. The van der Waals surface area contributed by atoms with Crippen molar-refractivity contribution in [3.05, 3.63) is 112 Å². The molecule has 0 radical (unpaired) electrons. The molecule has 0 aliphatic carbocycles. The van der Waals surface area contributed by atoms with Crippen LogP contribution in [0.1, 0.15) is 71.7 Å². The molecule has 1 fully saturated rings. The first-order valence-electron chi connectivity index (χ1n) is 14.5. The highest BCUT2D eigenvalue weighted by molar-refractivity contribution is 7.80. The van der Waals surface area contributed by atoms with E-state index >= 15 is 0 Å². The van der Waals surface area contributed by atoms with Crippen LogP contribution in [0.15, 0.2) is 72.9 Å². The number of amides is 1. The van der Waals surface area contributed by atoms with Gasteiger partial charge in [-0.1, -0.05) is 56.3 Å². The van der Waals surface area contributed by atoms with Crippen molar-refractivity contribution >= 4 is 28.9 Å². The van der Waals surface area contributed by atoms with E-state index in [1.165, 1.54) is 33.8 Å². The molecule has 0 unspecified atom stereocenters. The Balaban J connectivity index is 1.50. The molecule has 1 amide bonds. The van der Waals surface area contributed by atoms with E-state index in [-0.39, 0.29) is 18.0 Å². The van der Waals surface area contributed by atoms with Gasteiger partial charge in [0.2, 0.25) is 5.91 Å². The predicted octanol–water partition coefficient (Wildman–Crippen LogP) is 6.92. The molecule has 41 heavy (non-hydrogen) atoms. The first-order valence-corrected chi connectivity index (χ1v) is 14.9. The Morgan fingerprint density at radius 2 is 1.71 bits per heavy atom. The quantitative estimate of drug-likeness (QED) is 0.216. The number of pyridine rings is 1. The molecule has 0 bridgehead atoms. The second-order valence-corrected chi connectivity index (χ2v) is 11.1. The molecule has 2 atom stereocenters. The van der Waals surface area contributed by atoms with Crippen LogP contribution in [-0.2, 0) is 17.6 Å². The Kier molecular flexibility index (Phi) is 8.54. The molecule has 2 aromatic heterocycles. The summed E-state index contributed by atoms with van der Waals surface area (Å²) < 4.78 is 2.38. The third kappa shape index (κ3) is 5.64. The Labute approximate surface area is 248 Å². The number of carbonyl (C=O) groups excluding carboxylic acids is 1. The molecule has 2 N–H and O–H groups in total. The lowest BCUT2D eigenvalue weighted by Crippen LogP contribution is -2.33. The Bertz CT molecular complexity index is 1560. The number of thiocarbonyl (C=S) groups is 1. The number of nitrogens with zero attached hydrogens (tertiary/aromatic N) is 3. The van der Waals surface area contributed by atoms with Crippen molar-refractivity contribution in [2.45, 2.75) is 66.0 Å². The van der Waals surface area contributed by atoms with Crippen molar-refractivity contribution in [1.29, 1.82) is 0 Å². The van der Waals surface area contributed by atoms with Crippen LogP contribution in [0.25, 0.3) is 5.69 Å². The van der Waals surface area contributed by atoms with Gasteiger partial charge >= 0.3 is 0 Å². The molecule has 0 saturated carbocycles. The predicted molar refractivity (Wildman–Crippen MR) is 171 cm³/mol. The van der Waals surface area contributed by atoms with Crippen molar-refractivity contribution in [3.63, 3.8) is 0 Å². The van der Waals surface area contributed by atoms with Gasteiger partial charge in [0, 0.05) is 36.2 Å². The summed E-state index contributed by atoms with van der Waals surface area (Å²) in [5.41, 5.74) is 10.3. The van der Waals surface area contributed by atoms with E-state index in [1.54, 1.807) is 0 Å². The summed E-state index contributed by atoms with van der Waals surface area (Å²) in [6, 6.07) is 22.5. The molecule has 0 spiro atoms. The van der Waals surface area contributed by atoms with Gasteiger partial charge in [-0.15, -0.1) is 0 Å². The van der Waals surface area contributed by atoms with E-state index in [9.17, 15) is 4.79 Å². The van der Waals surface area contributed by atoms with Gasteiger partial charge in [0.1, 0.15) is 0 Å². The number of hydrogen-bond donors (Lipinski definition) is 2. The molecular weight excluding hydrogens is 526 g/mol. The summed E-state index contributed by atoms with van der Waals surface area (Å²) in [5.74, 6) is -0.0216. The molecular formula is C34H39N5OS. The maximum atomic E-state index is 13.1. The smallest absolute Gasteiger partial charge is 0.226 e. The van der Waals surface area contributed by atoms with Gasteiger partial charge in [-0.25, -0.2) is 0 Å². The van der Waals surface area contributed by atoms with E-state index in [0.717, 1.165) is 29.8 Å². The van der Waals surface area contributed by atoms with Crippen molar-refractivity contribution < 1.29 is 4.79 Å². The van der Waals surface area contributed by atoms with Crippen molar-refractivity contribution in [1.82, 2.24) is 19.8 Å². The molecule has 1 aliphatic rings. The van der Waals surface area contributed by atoms with Crippen molar-refractivity contribution in [3.8, 4) is 5.69 Å². The van der Waals surface area contributed by atoms with E-state index < -0.39 is 0 Å². The first kappa shape index (κ1) is 28.6. The highest BCUT2D eigenvalue weighted by Crippen LogP contribution is 2.42. The van der Waals surface area contributed by atoms with Crippen LogP contribution < -0.4 is 10.6 Å². The minimum Gasteiger partial charge on any atom is -0.352 e. The number of aromatic nitrogens is 2. The number of aryl methyl sites for hydroxylation is 4. The average Bonchev–Trinajstić information content (AvgIpc) is 3.46. The zero-order chi connectivity index (χ0) is 29.1. The van der Waals surface area contributed by atoms with Crippen LogP contribution in [-0.4, -0.2) is 32.0 Å². The molecule has 1 saturated heterocycles. The monoisotopic (exact) mass is 565 g/mol. The Morgan fingerprint density at radius 3 is 2.44 bits per heavy atom. The molecule has 1 aliphatic heterocycles. The SMILES string of the molecule is CCc1ccccc1NC(=O)CCN1C(=S)N[C@H](c2ccccn2)[C@H]1c1cc(C)n(-c2c(C)cccc2CC)c1C. The lowest BCUT2D eigenvalue weighted by atomic mass is 9.96. The normalized spacial score (nSPS) is 16.6. The summed E-state index contributed by atoms with van der Waals surface area (Å²) in [4.78, 5) is 20.0. The average molecular weight is 566 g/mol. The number of nitrogens with one attached hydrogen (secondary N) is 2. The minimum atomic E-state index is -0.135. The highest BCUT2D eigenvalue weighted by atomic mass is 32.1. The van der Waals surface area contributed by atoms with Crippen LogP contribution in [0.2, 0.25) is 0 Å². The standard InChI is InChI=1S/C34H39N5OS/c1-6-25-14-8-9-16-28(25)36-30(40)18-20-38-33(31(37-34(38)41)29-17-10-11-19-35-29)27-21-23(4)39(24(27)5)32-22(3)13-12-15-26(32)7-2/h8-17,19,21,31,33H,6-7,18,20H2,1-5H3,(H,36,40)(H,37,41)/t31-,33-/m1/s1. The van der Waals surface area contributed by atoms with Crippen LogP contribution in [0.5, 0.6) is 0 Å². The van der Waals surface area contributed by atoms with Crippen LogP contribution in [0, 0.1) is 20.8 Å². The molecule has 5 rings (SSSR count). The zero-order valence-electron chi connectivity index (χ0n) is 24.6. The summed E-state index contributed by atoms with van der Waals surface area (Å²) in [6.45, 7) is 11.3. The van der Waals surface area contributed by atoms with E-state index in [0.29, 0.717) is 18.1 Å². The Hall–Kier alpha value is -3.97.